The molecular weight excluding hydrogens is 559 g/mol. The Bertz CT molecular complexity index is 1370. The summed E-state index contributed by atoms with van der Waals surface area (Å²) in [6, 6.07) is 5.59. The minimum atomic E-state index is -2.48. The molecule has 1 aromatic heterocycles. The number of carbonyl (C=O) groups is 1. The Hall–Kier alpha value is -2.61. The maximum absolute atomic E-state index is 14.1. The van der Waals surface area contributed by atoms with Crippen LogP contribution < -0.4 is 26.4 Å². The topological polar surface area (TPSA) is 122 Å². The lowest BCUT2D eigenvalue weighted by atomic mass is 9.81. The van der Waals surface area contributed by atoms with Gasteiger partial charge in [0.2, 0.25) is 11.9 Å². The van der Waals surface area contributed by atoms with E-state index in [0.29, 0.717) is 34.1 Å². The van der Waals surface area contributed by atoms with E-state index < -0.39 is 7.14 Å². The molecule has 1 aromatic carbocycles. The summed E-state index contributed by atoms with van der Waals surface area (Å²) in [6.45, 7) is 2.35. The second-order valence-corrected chi connectivity index (χ2v) is 15.9. The second-order valence-electron chi connectivity index (χ2n) is 12.3. The van der Waals surface area contributed by atoms with Crippen molar-refractivity contribution in [1.29, 1.82) is 0 Å². The first-order chi connectivity index (χ1) is 19.7. The molecule has 4 unspecified atom stereocenters. The van der Waals surface area contributed by atoms with Crippen LogP contribution in [0.25, 0.3) is 0 Å². The van der Waals surface area contributed by atoms with Crippen molar-refractivity contribution >= 4 is 47.4 Å². The predicted octanol–water partition coefficient (Wildman–Crippen LogP) is 4.71. The van der Waals surface area contributed by atoms with Crippen molar-refractivity contribution in [2.24, 2.45) is 35.3 Å². The number of benzene rings is 1. The maximum atomic E-state index is 14.1. The first-order valence-corrected chi connectivity index (χ1v) is 17.2. The van der Waals surface area contributed by atoms with Gasteiger partial charge in [0.15, 0.2) is 5.82 Å². The smallest absolute Gasteiger partial charge is 0.229 e. The molecule has 9 nitrogen and oxygen atoms in total. The molecule has 1 amide bonds. The fraction of sp³-hybridized carbons (Fsp3) is 0.567. The highest BCUT2D eigenvalue weighted by Gasteiger charge is 2.47. The zero-order valence-electron chi connectivity index (χ0n) is 23.8. The zero-order chi connectivity index (χ0) is 28.7. The Balaban J connectivity index is 1.14. The van der Waals surface area contributed by atoms with Gasteiger partial charge in [0.1, 0.15) is 17.9 Å². The average molecular weight is 599 g/mol. The summed E-state index contributed by atoms with van der Waals surface area (Å²) >= 11 is 6.45. The minimum Gasteiger partial charge on any atom is -0.495 e. The van der Waals surface area contributed by atoms with Gasteiger partial charge in [-0.25, -0.2) is 4.98 Å². The predicted molar refractivity (Wildman–Crippen MR) is 164 cm³/mol. The molecular formula is C30H40ClN6O3P. The summed E-state index contributed by atoms with van der Waals surface area (Å²) in [6.07, 6.45) is 12.8. The number of piperidine rings is 1. The van der Waals surface area contributed by atoms with Crippen LogP contribution in [0.15, 0.2) is 36.5 Å². The Morgan fingerprint density at radius 3 is 2.54 bits per heavy atom. The van der Waals surface area contributed by atoms with E-state index in [-0.39, 0.29) is 29.7 Å². The fourth-order valence-corrected chi connectivity index (χ4v) is 10.6. The molecule has 11 heteroatoms. The lowest BCUT2D eigenvalue weighted by molar-refractivity contribution is -0.122. The third kappa shape index (κ3) is 5.73. The Morgan fingerprint density at radius 1 is 1.12 bits per heavy atom. The highest BCUT2D eigenvalue weighted by Crippen LogP contribution is 2.53. The van der Waals surface area contributed by atoms with E-state index in [1.54, 1.807) is 7.11 Å². The van der Waals surface area contributed by atoms with Gasteiger partial charge in [-0.15, -0.1) is 0 Å². The van der Waals surface area contributed by atoms with E-state index in [0.717, 1.165) is 42.8 Å². The van der Waals surface area contributed by atoms with Crippen molar-refractivity contribution in [3.63, 3.8) is 0 Å². The zero-order valence-corrected chi connectivity index (χ0v) is 25.4. The number of nitrogens with one attached hydrogen (secondary N) is 2. The van der Waals surface area contributed by atoms with Gasteiger partial charge in [-0.05, 0) is 94.1 Å². The lowest BCUT2D eigenvalue weighted by Gasteiger charge is -2.38. The molecule has 6 rings (SSSR count). The van der Waals surface area contributed by atoms with E-state index in [4.69, 9.17) is 22.1 Å². The van der Waals surface area contributed by atoms with Gasteiger partial charge >= 0.3 is 0 Å². The molecule has 41 heavy (non-hydrogen) atoms. The molecule has 4 aliphatic rings. The third-order valence-corrected chi connectivity index (χ3v) is 13.3. The van der Waals surface area contributed by atoms with E-state index in [2.05, 4.69) is 44.7 Å². The Morgan fingerprint density at radius 2 is 1.83 bits per heavy atom. The van der Waals surface area contributed by atoms with Crippen LogP contribution in [0, 0.1) is 29.6 Å². The van der Waals surface area contributed by atoms with Crippen LogP contribution >= 0.6 is 18.7 Å². The molecule has 220 valence electrons. The molecule has 3 heterocycles. The SMILES string of the molecule is COc1cc(P2(=O)CCC(C3CCN(C)CC3)CC2)ccc1Nc1ncc(Cl)c(NC2C3C=CC(C3)C2C(N)=O)n1. The highest BCUT2D eigenvalue weighted by molar-refractivity contribution is 7.71. The molecule has 0 radical (unpaired) electrons. The number of fused-ring (bicyclic) bond motifs is 2. The Kier molecular flexibility index (Phi) is 8.05. The van der Waals surface area contributed by atoms with E-state index in [1.807, 2.05) is 18.2 Å². The van der Waals surface area contributed by atoms with Gasteiger partial charge < -0.3 is 30.6 Å². The molecule has 2 aromatic rings. The van der Waals surface area contributed by atoms with E-state index in [9.17, 15) is 9.36 Å². The van der Waals surface area contributed by atoms with Crippen molar-refractivity contribution in [1.82, 2.24) is 14.9 Å². The van der Waals surface area contributed by atoms with Gasteiger partial charge in [-0.1, -0.05) is 23.8 Å². The molecule has 2 bridgehead atoms. The molecule has 2 aliphatic heterocycles. The molecule has 4 atom stereocenters. The molecule has 3 fully saturated rings. The number of likely N-dealkylation sites (tertiary alicyclic amines) is 1. The van der Waals surface area contributed by atoms with Crippen LogP contribution in [-0.2, 0) is 9.36 Å². The van der Waals surface area contributed by atoms with E-state index >= 15 is 0 Å². The van der Waals surface area contributed by atoms with Crippen LogP contribution in [0.4, 0.5) is 17.5 Å². The number of allylic oxidation sites excluding steroid dienone is 1. The molecule has 4 N–H and O–H groups in total. The monoisotopic (exact) mass is 598 g/mol. The molecule has 2 aliphatic carbocycles. The number of nitrogens with two attached hydrogens (primary N) is 1. The summed E-state index contributed by atoms with van der Waals surface area (Å²) in [5, 5.41) is 7.84. The number of primary amides is 1. The van der Waals surface area contributed by atoms with Crippen LogP contribution in [0.3, 0.4) is 0 Å². The standard InChI is InChI=1S/C30H40ClN6O3P/c1-37-11-7-18(8-12-37)19-9-13-41(39,14-10-19)22-5-6-24(25(16-22)40-2)34-30-33-17-23(31)29(36-30)35-27-21-4-3-20(15-21)26(27)28(32)38/h3-6,16-21,26-27H,7-15H2,1-2H3,(H2,32,38)(H2,33,34,35,36). The highest BCUT2D eigenvalue weighted by atomic mass is 35.5. The third-order valence-electron chi connectivity index (χ3n) is 9.89. The number of hydrogen-bond donors (Lipinski definition) is 3. The quantitative estimate of drug-likeness (QED) is 0.295. The van der Waals surface area contributed by atoms with Crippen LogP contribution in [0.2, 0.25) is 5.02 Å². The number of ether oxygens (including phenoxy) is 1. The number of nitrogens with zero attached hydrogens (tertiary/aromatic N) is 3. The minimum absolute atomic E-state index is 0.146. The van der Waals surface area contributed by atoms with Gasteiger partial charge in [-0.2, -0.15) is 4.98 Å². The van der Waals surface area contributed by atoms with Crippen molar-refractivity contribution in [3.05, 3.63) is 41.6 Å². The summed E-state index contributed by atoms with van der Waals surface area (Å²) in [7, 11) is 1.33. The normalized spacial score (nSPS) is 31.7. The first-order valence-electron chi connectivity index (χ1n) is 14.7. The lowest BCUT2D eigenvalue weighted by Crippen LogP contribution is -2.41. The second kappa shape index (κ2) is 11.6. The first kappa shape index (κ1) is 28.5. The number of carbonyl (C=O) groups excluding carboxylic acids is 1. The van der Waals surface area contributed by atoms with Crippen molar-refractivity contribution < 1.29 is 14.1 Å². The largest absolute Gasteiger partial charge is 0.495 e. The van der Waals surface area contributed by atoms with Gasteiger partial charge in [0.25, 0.3) is 0 Å². The summed E-state index contributed by atoms with van der Waals surface area (Å²) in [4.78, 5) is 23.5. The van der Waals surface area contributed by atoms with Gasteiger partial charge in [0.05, 0.1) is 24.9 Å². The number of anilines is 3. The maximum Gasteiger partial charge on any atom is 0.229 e. The van der Waals surface area contributed by atoms with Crippen LogP contribution in [0.5, 0.6) is 5.75 Å². The fourth-order valence-electron chi connectivity index (χ4n) is 7.48. The number of rotatable bonds is 8. The van der Waals surface area contributed by atoms with Gasteiger partial charge in [0, 0.05) is 23.7 Å². The van der Waals surface area contributed by atoms with Crippen molar-refractivity contribution in [2.45, 2.75) is 38.1 Å². The molecule has 0 spiro atoms. The Labute approximate surface area is 247 Å². The van der Waals surface area contributed by atoms with Crippen molar-refractivity contribution in [2.75, 3.05) is 50.2 Å². The molecule has 1 saturated carbocycles. The number of methoxy groups -OCH3 is 1. The van der Waals surface area contributed by atoms with E-state index in [1.165, 1.54) is 32.1 Å². The summed E-state index contributed by atoms with van der Waals surface area (Å²) < 4.78 is 19.8. The number of halogens is 1. The van der Waals surface area contributed by atoms with Gasteiger partial charge in [-0.3, -0.25) is 4.79 Å². The van der Waals surface area contributed by atoms with Crippen LogP contribution in [-0.4, -0.2) is 66.4 Å². The van der Waals surface area contributed by atoms with Crippen LogP contribution in [0.1, 0.15) is 32.1 Å². The average Bonchev–Trinajstić information content (AvgIpc) is 3.58. The molecule has 2 saturated heterocycles. The number of hydrogen-bond acceptors (Lipinski definition) is 8. The summed E-state index contributed by atoms with van der Waals surface area (Å²) in [5.41, 5.74) is 6.40. The number of amides is 1. The number of aromatic nitrogens is 2. The van der Waals surface area contributed by atoms with Crippen molar-refractivity contribution in [3.8, 4) is 5.75 Å². The summed E-state index contributed by atoms with van der Waals surface area (Å²) in [5.74, 6) is 2.56.